The number of rotatable bonds is 3. The molecule has 1 aliphatic rings. The molecule has 0 fully saturated rings. The Balaban J connectivity index is 1.72. The lowest BCUT2D eigenvalue weighted by atomic mass is 10.1. The topological polar surface area (TPSA) is 41.5 Å². The van der Waals surface area contributed by atoms with Crippen LogP contribution in [0.5, 0.6) is 0 Å². The van der Waals surface area contributed by atoms with Crippen LogP contribution in [0.15, 0.2) is 35.4 Å². The summed E-state index contributed by atoms with van der Waals surface area (Å²) in [5.41, 5.74) is 7.05. The average molecular weight is 298 g/mol. The van der Waals surface area contributed by atoms with E-state index in [0.717, 1.165) is 34.6 Å². The molecular formula is C17H18N2OS. The predicted molar refractivity (Wildman–Crippen MR) is 87.2 cm³/mol. The van der Waals surface area contributed by atoms with E-state index >= 15 is 0 Å². The number of fused-ring (bicyclic) bond motifs is 1. The quantitative estimate of drug-likeness (QED) is 0.681. The summed E-state index contributed by atoms with van der Waals surface area (Å²) in [6.45, 7) is 3.96. The summed E-state index contributed by atoms with van der Waals surface area (Å²) < 4.78 is 0. The molecule has 1 aromatic heterocycles. The van der Waals surface area contributed by atoms with Crippen LogP contribution in [0, 0.1) is 6.92 Å². The first-order valence-corrected chi connectivity index (χ1v) is 7.99. The van der Waals surface area contributed by atoms with Gasteiger partial charge in [0.2, 0.25) is 0 Å². The van der Waals surface area contributed by atoms with E-state index in [1.807, 2.05) is 44.2 Å². The predicted octanol–water partition coefficient (Wildman–Crippen LogP) is 3.70. The second-order valence-corrected chi connectivity index (χ2v) is 6.50. The minimum absolute atomic E-state index is 0.109. The Morgan fingerprint density at radius 3 is 2.86 bits per heavy atom. The number of hydrogen-bond donors (Lipinski definition) is 1. The minimum atomic E-state index is -0.109. The molecule has 1 amide bonds. The third kappa shape index (κ3) is 2.90. The number of carbonyl (C=O) groups excluding carboxylic acids is 1. The summed E-state index contributed by atoms with van der Waals surface area (Å²) in [6.07, 6.45) is 3.43. The fourth-order valence-corrected chi connectivity index (χ4v) is 3.81. The summed E-state index contributed by atoms with van der Waals surface area (Å²) in [5.74, 6) is -0.109. The van der Waals surface area contributed by atoms with Crippen molar-refractivity contribution in [2.24, 2.45) is 5.10 Å². The van der Waals surface area contributed by atoms with Crippen LogP contribution in [0.1, 0.15) is 44.6 Å². The molecule has 0 saturated carbocycles. The molecule has 3 rings (SSSR count). The molecule has 0 atom stereocenters. The highest BCUT2D eigenvalue weighted by Crippen LogP contribution is 2.30. The standard InChI is InChI=1S/C17H18N2OS/c1-11-6-3-4-8-14(11)12(2)18-19-17(20)16-10-13-7-5-9-15(13)21-16/h3-4,6,8,10H,5,7,9H2,1-2H3,(H,19,20)/b18-12-. The third-order valence-electron chi connectivity index (χ3n) is 3.83. The normalized spacial score (nSPS) is 14.1. The SMILES string of the molecule is C/C(=N/NC(=O)c1cc2c(s1)CCC2)c1ccccc1C. The van der Waals surface area contributed by atoms with Crippen LogP contribution >= 0.6 is 11.3 Å². The van der Waals surface area contributed by atoms with Crippen molar-refractivity contribution in [3.05, 3.63) is 56.8 Å². The van der Waals surface area contributed by atoms with Crippen molar-refractivity contribution < 1.29 is 4.79 Å². The van der Waals surface area contributed by atoms with Crippen molar-refractivity contribution in [2.45, 2.75) is 33.1 Å². The maximum atomic E-state index is 12.2. The first kappa shape index (κ1) is 14.0. The molecule has 4 heteroatoms. The van der Waals surface area contributed by atoms with Gasteiger partial charge in [0.05, 0.1) is 10.6 Å². The van der Waals surface area contributed by atoms with Gasteiger partial charge < -0.3 is 0 Å². The summed E-state index contributed by atoms with van der Waals surface area (Å²) in [6, 6.07) is 10.0. The van der Waals surface area contributed by atoms with Crippen molar-refractivity contribution in [1.82, 2.24) is 5.43 Å². The van der Waals surface area contributed by atoms with E-state index in [1.165, 1.54) is 16.9 Å². The molecule has 0 bridgehead atoms. The Labute approximate surface area is 128 Å². The number of aryl methyl sites for hydroxylation is 3. The molecule has 0 spiro atoms. The van der Waals surface area contributed by atoms with E-state index in [0.29, 0.717) is 0 Å². The highest BCUT2D eigenvalue weighted by molar-refractivity contribution is 7.14. The monoisotopic (exact) mass is 298 g/mol. The van der Waals surface area contributed by atoms with Gasteiger partial charge in [-0.2, -0.15) is 5.10 Å². The lowest BCUT2D eigenvalue weighted by Gasteiger charge is -2.05. The van der Waals surface area contributed by atoms with Crippen LogP contribution in [0.4, 0.5) is 0 Å². The van der Waals surface area contributed by atoms with Gasteiger partial charge in [0.25, 0.3) is 5.91 Å². The number of carbonyl (C=O) groups is 1. The number of amides is 1. The van der Waals surface area contributed by atoms with Crippen LogP contribution in [-0.4, -0.2) is 11.6 Å². The molecule has 0 saturated heterocycles. The second kappa shape index (κ2) is 5.82. The number of hydrogen-bond acceptors (Lipinski definition) is 3. The van der Waals surface area contributed by atoms with Gasteiger partial charge in [0, 0.05) is 10.4 Å². The number of nitrogens with one attached hydrogen (secondary N) is 1. The van der Waals surface area contributed by atoms with Crippen molar-refractivity contribution in [3.8, 4) is 0 Å². The van der Waals surface area contributed by atoms with Crippen molar-refractivity contribution in [2.75, 3.05) is 0 Å². The van der Waals surface area contributed by atoms with E-state index in [1.54, 1.807) is 11.3 Å². The first-order valence-electron chi connectivity index (χ1n) is 7.17. The number of thiophene rings is 1. The van der Waals surface area contributed by atoms with Gasteiger partial charge >= 0.3 is 0 Å². The molecule has 0 unspecified atom stereocenters. The highest BCUT2D eigenvalue weighted by atomic mass is 32.1. The minimum Gasteiger partial charge on any atom is -0.266 e. The first-order chi connectivity index (χ1) is 10.1. The summed E-state index contributed by atoms with van der Waals surface area (Å²) in [7, 11) is 0. The van der Waals surface area contributed by atoms with Crippen molar-refractivity contribution in [1.29, 1.82) is 0 Å². The summed E-state index contributed by atoms with van der Waals surface area (Å²) in [5, 5.41) is 4.24. The lowest BCUT2D eigenvalue weighted by molar-refractivity contribution is 0.0959. The molecule has 1 aromatic carbocycles. The molecule has 1 N–H and O–H groups in total. The number of hydrazone groups is 1. The van der Waals surface area contributed by atoms with E-state index in [2.05, 4.69) is 10.5 Å². The Kier molecular flexibility index (Phi) is 3.88. The van der Waals surface area contributed by atoms with Gasteiger partial charge in [0.1, 0.15) is 0 Å². The number of benzene rings is 1. The van der Waals surface area contributed by atoms with Crippen LogP contribution in [-0.2, 0) is 12.8 Å². The van der Waals surface area contributed by atoms with Gasteiger partial charge in [-0.15, -0.1) is 11.3 Å². The zero-order valence-corrected chi connectivity index (χ0v) is 13.1. The number of nitrogens with zero attached hydrogens (tertiary/aromatic N) is 1. The van der Waals surface area contributed by atoms with E-state index in [9.17, 15) is 4.79 Å². The van der Waals surface area contributed by atoms with Gasteiger partial charge in [-0.3, -0.25) is 4.79 Å². The highest BCUT2D eigenvalue weighted by Gasteiger charge is 2.18. The Bertz CT molecular complexity index is 694. The molecular weight excluding hydrogens is 280 g/mol. The average Bonchev–Trinajstić information content (AvgIpc) is 3.06. The smallest absolute Gasteiger partial charge is 0.266 e. The maximum Gasteiger partial charge on any atom is 0.281 e. The zero-order chi connectivity index (χ0) is 14.8. The third-order valence-corrected chi connectivity index (χ3v) is 5.07. The van der Waals surface area contributed by atoms with Gasteiger partial charge in [-0.1, -0.05) is 24.3 Å². The fourth-order valence-electron chi connectivity index (χ4n) is 2.67. The maximum absolute atomic E-state index is 12.2. The van der Waals surface area contributed by atoms with Crippen molar-refractivity contribution in [3.63, 3.8) is 0 Å². The van der Waals surface area contributed by atoms with Crippen LogP contribution in [0.25, 0.3) is 0 Å². The van der Waals surface area contributed by atoms with Crippen molar-refractivity contribution >= 4 is 23.0 Å². The fraction of sp³-hybridized carbons (Fsp3) is 0.294. The molecule has 108 valence electrons. The molecule has 1 aliphatic carbocycles. The van der Waals surface area contributed by atoms with Gasteiger partial charge in [0.15, 0.2) is 0 Å². The Morgan fingerprint density at radius 2 is 2.10 bits per heavy atom. The van der Waals surface area contributed by atoms with E-state index in [4.69, 9.17) is 0 Å². The Hall–Kier alpha value is -1.94. The lowest BCUT2D eigenvalue weighted by Crippen LogP contribution is -2.18. The summed E-state index contributed by atoms with van der Waals surface area (Å²) >= 11 is 1.60. The zero-order valence-electron chi connectivity index (χ0n) is 12.3. The Morgan fingerprint density at radius 1 is 1.29 bits per heavy atom. The van der Waals surface area contributed by atoms with Crippen LogP contribution < -0.4 is 5.43 Å². The second-order valence-electron chi connectivity index (χ2n) is 5.37. The molecule has 21 heavy (non-hydrogen) atoms. The molecule has 1 heterocycles. The largest absolute Gasteiger partial charge is 0.281 e. The molecule has 0 aliphatic heterocycles. The summed E-state index contributed by atoms with van der Waals surface area (Å²) in [4.78, 5) is 14.3. The van der Waals surface area contributed by atoms with Crippen LogP contribution in [0.2, 0.25) is 0 Å². The van der Waals surface area contributed by atoms with Gasteiger partial charge in [-0.25, -0.2) is 5.43 Å². The molecule has 2 aromatic rings. The molecule has 3 nitrogen and oxygen atoms in total. The van der Waals surface area contributed by atoms with Gasteiger partial charge in [-0.05, 0) is 50.3 Å². The molecule has 0 radical (unpaired) electrons. The van der Waals surface area contributed by atoms with E-state index in [-0.39, 0.29) is 5.91 Å². The van der Waals surface area contributed by atoms with E-state index < -0.39 is 0 Å². The van der Waals surface area contributed by atoms with Crippen LogP contribution in [0.3, 0.4) is 0 Å².